The van der Waals surface area contributed by atoms with Crippen LogP contribution in [0.25, 0.3) is 0 Å². The minimum Gasteiger partial charge on any atom is -0.370 e. The number of aryl methyl sites for hydroxylation is 1. The van der Waals surface area contributed by atoms with E-state index in [1.807, 2.05) is 19.1 Å². The van der Waals surface area contributed by atoms with E-state index in [2.05, 4.69) is 10.3 Å². The lowest BCUT2D eigenvalue weighted by Crippen LogP contribution is -2.41. The van der Waals surface area contributed by atoms with Crippen molar-refractivity contribution in [2.75, 3.05) is 5.32 Å². The summed E-state index contributed by atoms with van der Waals surface area (Å²) in [6.07, 6.45) is -0.156. The van der Waals surface area contributed by atoms with Crippen LogP contribution in [0.3, 0.4) is 0 Å². The summed E-state index contributed by atoms with van der Waals surface area (Å²) in [7, 11) is 0. The largest absolute Gasteiger partial charge is 0.370 e. The number of carbonyl (C=O) groups excluding carboxylic acids is 1. The highest BCUT2D eigenvalue weighted by Crippen LogP contribution is 2.50. The Hall–Kier alpha value is -1.69. The highest BCUT2D eigenvalue weighted by atomic mass is 35.5. The molecule has 1 amide bonds. The van der Waals surface area contributed by atoms with Crippen molar-refractivity contribution in [1.82, 2.24) is 4.98 Å². The second-order valence-electron chi connectivity index (χ2n) is 6.79. The molecule has 26 heavy (non-hydrogen) atoms. The summed E-state index contributed by atoms with van der Waals surface area (Å²) in [6.45, 7) is 1.89. The molecule has 1 N–H and O–H groups in total. The first kappa shape index (κ1) is 17.7. The highest BCUT2D eigenvalue weighted by Gasteiger charge is 2.57. The Morgan fingerprint density at radius 1 is 1.27 bits per heavy atom. The van der Waals surface area contributed by atoms with Gasteiger partial charge < -0.3 is 10.1 Å². The van der Waals surface area contributed by atoms with Crippen molar-refractivity contribution in [2.24, 2.45) is 5.92 Å². The molecule has 5 atom stereocenters. The first-order valence-corrected chi connectivity index (χ1v) is 9.17. The third-order valence-corrected chi connectivity index (χ3v) is 5.82. The van der Waals surface area contributed by atoms with Crippen LogP contribution in [0.15, 0.2) is 36.5 Å². The lowest BCUT2D eigenvalue weighted by Gasteiger charge is -2.29. The maximum atomic E-state index is 14.3. The number of hydrogen-bond donors (Lipinski definition) is 1. The number of amides is 1. The van der Waals surface area contributed by atoms with Gasteiger partial charge in [0, 0.05) is 29.9 Å². The Labute approximate surface area is 160 Å². The van der Waals surface area contributed by atoms with Crippen LogP contribution in [0, 0.1) is 12.8 Å². The second-order valence-corrected chi connectivity index (χ2v) is 7.61. The fraction of sp³-hybridized carbons (Fsp3) is 0.368. The minimum atomic E-state index is -1.14. The Kier molecular flexibility index (Phi) is 4.63. The van der Waals surface area contributed by atoms with Crippen LogP contribution in [0.4, 0.5) is 10.1 Å². The molecule has 0 radical (unpaired) electrons. The molecule has 2 aliphatic rings. The molecule has 3 heterocycles. The summed E-state index contributed by atoms with van der Waals surface area (Å²) in [5.74, 6) is -1.09. The second kappa shape index (κ2) is 6.80. The van der Waals surface area contributed by atoms with Gasteiger partial charge in [0.1, 0.15) is 12.3 Å². The molecule has 0 aliphatic carbocycles. The molecule has 4 nitrogen and oxygen atoms in total. The van der Waals surface area contributed by atoms with E-state index in [1.165, 1.54) is 0 Å². The van der Waals surface area contributed by atoms with E-state index >= 15 is 0 Å². The number of aromatic nitrogens is 1. The molecule has 7 heteroatoms. The SMILES string of the molecule is Cc1cc(C2C3CC(F)C(O3)C2C(=O)Nc2ccc(Cl)c(Cl)c2)ccn1. The van der Waals surface area contributed by atoms with Crippen molar-refractivity contribution >= 4 is 34.8 Å². The Morgan fingerprint density at radius 3 is 2.81 bits per heavy atom. The minimum absolute atomic E-state index is 0.198. The van der Waals surface area contributed by atoms with Crippen LogP contribution in [0.2, 0.25) is 10.0 Å². The first-order valence-electron chi connectivity index (χ1n) is 8.42. The molecule has 5 unspecified atom stereocenters. The van der Waals surface area contributed by atoms with E-state index in [1.54, 1.807) is 24.4 Å². The average Bonchev–Trinajstić information content (AvgIpc) is 3.15. The highest BCUT2D eigenvalue weighted by molar-refractivity contribution is 6.42. The zero-order chi connectivity index (χ0) is 18.4. The number of nitrogens with zero attached hydrogens (tertiary/aromatic N) is 1. The molecule has 1 aromatic heterocycles. The maximum absolute atomic E-state index is 14.3. The molecular formula is C19H17Cl2FN2O2. The summed E-state index contributed by atoms with van der Waals surface area (Å²) < 4.78 is 20.1. The number of alkyl halides is 1. The normalized spacial score (nSPS) is 29.8. The third kappa shape index (κ3) is 3.08. The number of anilines is 1. The van der Waals surface area contributed by atoms with Gasteiger partial charge in [-0.1, -0.05) is 23.2 Å². The molecule has 136 valence electrons. The topological polar surface area (TPSA) is 51.2 Å². The summed E-state index contributed by atoms with van der Waals surface area (Å²) >= 11 is 11.9. The van der Waals surface area contributed by atoms with Crippen LogP contribution < -0.4 is 5.32 Å². The van der Waals surface area contributed by atoms with Crippen molar-refractivity contribution in [3.63, 3.8) is 0 Å². The summed E-state index contributed by atoms with van der Waals surface area (Å²) in [4.78, 5) is 17.2. The zero-order valence-corrected chi connectivity index (χ0v) is 15.5. The van der Waals surface area contributed by atoms with Crippen LogP contribution in [0.5, 0.6) is 0 Å². The summed E-state index contributed by atoms with van der Waals surface area (Å²) in [5, 5.41) is 3.58. The van der Waals surface area contributed by atoms with Crippen molar-refractivity contribution in [3.8, 4) is 0 Å². The van der Waals surface area contributed by atoms with E-state index in [4.69, 9.17) is 27.9 Å². The number of halogens is 3. The van der Waals surface area contributed by atoms with Crippen LogP contribution >= 0.6 is 23.2 Å². The summed E-state index contributed by atoms with van der Waals surface area (Å²) in [6, 6.07) is 8.65. The lowest BCUT2D eigenvalue weighted by molar-refractivity contribution is -0.122. The molecule has 2 bridgehead atoms. The number of rotatable bonds is 3. The van der Waals surface area contributed by atoms with Crippen LogP contribution in [-0.2, 0) is 9.53 Å². The van der Waals surface area contributed by atoms with E-state index in [9.17, 15) is 9.18 Å². The maximum Gasteiger partial charge on any atom is 0.230 e. The van der Waals surface area contributed by atoms with Gasteiger partial charge in [-0.15, -0.1) is 0 Å². The Balaban J connectivity index is 1.63. The fourth-order valence-electron chi connectivity index (χ4n) is 3.98. The van der Waals surface area contributed by atoms with Gasteiger partial charge in [-0.3, -0.25) is 9.78 Å². The van der Waals surface area contributed by atoms with Gasteiger partial charge in [0.25, 0.3) is 0 Å². The Bertz CT molecular complexity index is 863. The average molecular weight is 395 g/mol. The van der Waals surface area contributed by atoms with E-state index < -0.39 is 18.2 Å². The predicted molar refractivity (Wildman–Crippen MR) is 98.5 cm³/mol. The quantitative estimate of drug-likeness (QED) is 0.830. The van der Waals surface area contributed by atoms with Crippen molar-refractivity contribution in [3.05, 3.63) is 57.8 Å². The van der Waals surface area contributed by atoms with Crippen molar-refractivity contribution in [1.29, 1.82) is 0 Å². The zero-order valence-electron chi connectivity index (χ0n) is 14.0. The van der Waals surface area contributed by atoms with Gasteiger partial charge in [-0.25, -0.2) is 4.39 Å². The monoisotopic (exact) mass is 394 g/mol. The number of carbonyl (C=O) groups is 1. The van der Waals surface area contributed by atoms with Gasteiger partial charge in [-0.05, 0) is 42.8 Å². The molecule has 0 saturated carbocycles. The summed E-state index contributed by atoms with van der Waals surface area (Å²) in [5.41, 5.74) is 2.32. The Morgan fingerprint density at radius 2 is 2.08 bits per heavy atom. The number of hydrogen-bond acceptors (Lipinski definition) is 3. The third-order valence-electron chi connectivity index (χ3n) is 5.08. The molecule has 0 spiro atoms. The van der Waals surface area contributed by atoms with Gasteiger partial charge >= 0.3 is 0 Å². The van der Waals surface area contributed by atoms with Crippen LogP contribution in [0.1, 0.15) is 23.6 Å². The lowest BCUT2D eigenvalue weighted by atomic mass is 9.74. The predicted octanol–water partition coefficient (Wildman–Crippen LogP) is 4.54. The van der Waals surface area contributed by atoms with E-state index in [-0.39, 0.29) is 17.9 Å². The molecule has 4 rings (SSSR count). The molecule has 2 saturated heterocycles. The molecule has 2 aliphatic heterocycles. The standard InChI is InChI=1S/C19H17Cl2FN2O2/c1-9-6-10(4-5-23-9)16-15-8-14(22)18(26-15)17(16)19(25)24-11-2-3-12(20)13(21)7-11/h2-7,14-18H,8H2,1H3,(H,24,25). The number of benzene rings is 1. The number of nitrogens with one attached hydrogen (secondary N) is 1. The van der Waals surface area contributed by atoms with Gasteiger partial charge in [0.15, 0.2) is 0 Å². The fourth-order valence-corrected chi connectivity index (χ4v) is 4.28. The van der Waals surface area contributed by atoms with Crippen molar-refractivity contribution in [2.45, 2.75) is 37.6 Å². The first-order chi connectivity index (χ1) is 12.4. The van der Waals surface area contributed by atoms with Gasteiger partial charge in [0.2, 0.25) is 5.91 Å². The van der Waals surface area contributed by atoms with Crippen molar-refractivity contribution < 1.29 is 13.9 Å². The molecular weight excluding hydrogens is 378 g/mol. The molecule has 2 fully saturated rings. The molecule has 2 aromatic rings. The van der Waals surface area contributed by atoms with Gasteiger partial charge in [0.05, 0.1) is 22.1 Å². The number of ether oxygens (including phenoxy) is 1. The van der Waals surface area contributed by atoms with Crippen LogP contribution in [-0.4, -0.2) is 29.3 Å². The van der Waals surface area contributed by atoms with E-state index in [0.717, 1.165) is 11.3 Å². The number of pyridine rings is 1. The smallest absolute Gasteiger partial charge is 0.230 e. The van der Waals surface area contributed by atoms with E-state index in [0.29, 0.717) is 22.2 Å². The molecule has 1 aromatic carbocycles. The number of fused-ring (bicyclic) bond motifs is 2. The van der Waals surface area contributed by atoms with Gasteiger partial charge in [-0.2, -0.15) is 0 Å².